The highest BCUT2D eigenvalue weighted by Crippen LogP contribution is 2.01. The van der Waals surface area contributed by atoms with Crippen LogP contribution in [0, 0.1) is 0 Å². The average Bonchev–Trinajstić information content (AvgIpc) is 1.99. The molecule has 0 saturated carbocycles. The summed E-state index contributed by atoms with van der Waals surface area (Å²) in [7, 11) is -3.50. The zero-order chi connectivity index (χ0) is 12.1. The molecule has 8 heteroatoms. The number of hydrogen-bond donors (Lipinski definition) is 0. The summed E-state index contributed by atoms with van der Waals surface area (Å²) >= 11 is 5.31. The van der Waals surface area contributed by atoms with Crippen LogP contribution in [-0.2, 0) is 14.6 Å². The summed E-state index contributed by atoms with van der Waals surface area (Å²) in [5.74, 6) is -1.63. The molecule has 0 aromatic rings. The van der Waals surface area contributed by atoms with Crippen LogP contribution in [0.3, 0.4) is 0 Å². The molecule has 0 aromatic heterocycles. The van der Waals surface area contributed by atoms with Gasteiger partial charge in [-0.15, -0.1) is 11.6 Å². The van der Waals surface area contributed by atoms with Crippen molar-refractivity contribution in [2.75, 3.05) is 31.0 Å². The van der Waals surface area contributed by atoms with Gasteiger partial charge in [0.15, 0.2) is 9.84 Å². The van der Waals surface area contributed by atoms with Gasteiger partial charge < -0.3 is 4.90 Å². The van der Waals surface area contributed by atoms with Gasteiger partial charge in [-0.3, -0.25) is 4.79 Å². The quantitative estimate of drug-likeness (QED) is 0.651. The van der Waals surface area contributed by atoms with Gasteiger partial charge in [-0.25, -0.2) is 17.2 Å². The summed E-state index contributed by atoms with van der Waals surface area (Å²) < 4.78 is 45.6. The highest BCUT2D eigenvalue weighted by atomic mass is 35.5. The molecule has 0 bridgehead atoms. The van der Waals surface area contributed by atoms with Gasteiger partial charge in [-0.2, -0.15) is 0 Å². The first-order valence-electron chi connectivity index (χ1n) is 4.06. The van der Waals surface area contributed by atoms with Gasteiger partial charge in [0, 0.05) is 18.7 Å². The van der Waals surface area contributed by atoms with Crippen molar-refractivity contribution in [3.05, 3.63) is 0 Å². The Morgan fingerprint density at radius 3 is 2.33 bits per heavy atom. The minimum Gasteiger partial charge on any atom is -0.335 e. The van der Waals surface area contributed by atoms with Gasteiger partial charge >= 0.3 is 0 Å². The van der Waals surface area contributed by atoms with E-state index >= 15 is 0 Å². The first-order chi connectivity index (χ1) is 6.76. The molecule has 0 atom stereocenters. The normalized spacial score (nSPS) is 11.8. The predicted octanol–water partition coefficient (Wildman–Crippen LogP) is 0.363. The van der Waals surface area contributed by atoms with E-state index in [2.05, 4.69) is 0 Å². The number of rotatable bonds is 6. The van der Waals surface area contributed by atoms with Gasteiger partial charge in [0.1, 0.15) is 5.75 Å². The van der Waals surface area contributed by atoms with Crippen LogP contribution in [0.4, 0.5) is 8.78 Å². The standard InChI is InChI=1S/C7H12ClF2NO3S/c1-15(13,14)5-7(12)11(3-2-8)4-6(9)10/h6H,2-5H2,1H3. The van der Waals surface area contributed by atoms with Crippen molar-refractivity contribution in [3.8, 4) is 0 Å². The van der Waals surface area contributed by atoms with E-state index < -0.39 is 34.5 Å². The number of sulfone groups is 1. The van der Waals surface area contributed by atoms with Crippen molar-refractivity contribution in [1.29, 1.82) is 0 Å². The van der Waals surface area contributed by atoms with E-state index in [9.17, 15) is 22.0 Å². The Morgan fingerprint density at radius 1 is 1.47 bits per heavy atom. The fourth-order valence-corrected chi connectivity index (χ4v) is 1.74. The van der Waals surface area contributed by atoms with Crippen molar-refractivity contribution >= 4 is 27.3 Å². The van der Waals surface area contributed by atoms with Crippen LogP contribution in [0.1, 0.15) is 0 Å². The zero-order valence-electron chi connectivity index (χ0n) is 8.12. The minimum atomic E-state index is -3.50. The largest absolute Gasteiger partial charge is 0.335 e. The van der Waals surface area contributed by atoms with E-state index in [0.29, 0.717) is 0 Å². The van der Waals surface area contributed by atoms with Crippen LogP contribution < -0.4 is 0 Å². The van der Waals surface area contributed by atoms with E-state index in [1.165, 1.54) is 0 Å². The minimum absolute atomic E-state index is 0.0117. The SMILES string of the molecule is CS(=O)(=O)CC(=O)N(CCCl)CC(F)F. The molecule has 4 nitrogen and oxygen atoms in total. The molecule has 90 valence electrons. The fraction of sp³-hybridized carbons (Fsp3) is 0.857. The Morgan fingerprint density at radius 2 is 2.00 bits per heavy atom. The lowest BCUT2D eigenvalue weighted by molar-refractivity contribution is -0.130. The van der Waals surface area contributed by atoms with Crippen molar-refractivity contribution in [2.24, 2.45) is 0 Å². The predicted molar refractivity (Wildman–Crippen MR) is 53.0 cm³/mol. The second-order valence-electron chi connectivity index (χ2n) is 2.99. The number of carbonyl (C=O) groups excluding carboxylic acids is 1. The molecule has 0 aliphatic heterocycles. The third kappa shape index (κ3) is 7.49. The fourth-order valence-electron chi connectivity index (χ4n) is 0.902. The maximum atomic E-state index is 12.0. The van der Waals surface area contributed by atoms with Crippen LogP contribution >= 0.6 is 11.6 Å². The molecule has 0 heterocycles. The molecule has 0 N–H and O–H groups in total. The van der Waals surface area contributed by atoms with Crippen LogP contribution in [0.2, 0.25) is 0 Å². The number of nitrogens with zero attached hydrogens (tertiary/aromatic N) is 1. The third-order valence-corrected chi connectivity index (χ3v) is 2.39. The second kappa shape index (κ2) is 6.22. The molecule has 15 heavy (non-hydrogen) atoms. The van der Waals surface area contributed by atoms with Gasteiger partial charge in [0.25, 0.3) is 6.43 Å². The summed E-state index contributed by atoms with van der Waals surface area (Å²) in [5, 5.41) is 0. The topological polar surface area (TPSA) is 54.5 Å². The monoisotopic (exact) mass is 263 g/mol. The van der Waals surface area contributed by atoms with E-state index in [0.717, 1.165) is 11.2 Å². The molecule has 0 radical (unpaired) electrons. The molecule has 0 saturated heterocycles. The number of carbonyl (C=O) groups is 1. The van der Waals surface area contributed by atoms with Gasteiger partial charge in [0.2, 0.25) is 5.91 Å². The van der Waals surface area contributed by atoms with E-state index in [1.54, 1.807) is 0 Å². The number of amides is 1. The molecular formula is C7H12ClF2NO3S. The molecule has 0 unspecified atom stereocenters. The summed E-state index contributed by atoms with van der Waals surface area (Å²) in [5.41, 5.74) is 0. The van der Waals surface area contributed by atoms with Crippen LogP contribution in [0.15, 0.2) is 0 Å². The van der Waals surface area contributed by atoms with Crippen molar-refractivity contribution in [2.45, 2.75) is 6.43 Å². The summed E-state index contributed by atoms with van der Waals surface area (Å²) in [6.45, 7) is -0.874. The smallest absolute Gasteiger partial charge is 0.255 e. The van der Waals surface area contributed by atoms with Crippen molar-refractivity contribution in [3.63, 3.8) is 0 Å². The van der Waals surface area contributed by atoms with Gasteiger partial charge in [0.05, 0.1) is 6.54 Å². The highest BCUT2D eigenvalue weighted by molar-refractivity contribution is 7.91. The Hall–Kier alpha value is -0.430. The lowest BCUT2D eigenvalue weighted by atomic mass is 10.4. The van der Waals surface area contributed by atoms with E-state index in [1.807, 2.05) is 0 Å². The summed E-state index contributed by atoms with van der Waals surface area (Å²) in [6.07, 6.45) is -1.83. The molecule has 0 fully saturated rings. The summed E-state index contributed by atoms with van der Waals surface area (Å²) in [4.78, 5) is 12.0. The molecule has 0 rings (SSSR count). The maximum Gasteiger partial charge on any atom is 0.255 e. The molecule has 0 spiro atoms. The van der Waals surface area contributed by atoms with Crippen LogP contribution in [-0.4, -0.2) is 56.6 Å². The Labute approximate surface area is 92.1 Å². The van der Waals surface area contributed by atoms with Crippen LogP contribution in [0.25, 0.3) is 0 Å². The number of halogens is 3. The maximum absolute atomic E-state index is 12.0. The Kier molecular flexibility index (Phi) is 6.04. The molecule has 0 aliphatic carbocycles. The molecule has 0 aliphatic rings. The third-order valence-electron chi connectivity index (χ3n) is 1.45. The molecule has 0 aromatic carbocycles. The summed E-state index contributed by atoms with van der Waals surface area (Å²) in [6, 6.07) is 0. The number of alkyl halides is 3. The molecule has 1 amide bonds. The molecular weight excluding hydrogens is 252 g/mol. The first-order valence-corrected chi connectivity index (χ1v) is 6.65. The highest BCUT2D eigenvalue weighted by Gasteiger charge is 2.20. The zero-order valence-corrected chi connectivity index (χ0v) is 9.69. The van der Waals surface area contributed by atoms with Crippen molar-refractivity contribution in [1.82, 2.24) is 4.90 Å². The van der Waals surface area contributed by atoms with E-state index in [4.69, 9.17) is 11.6 Å². The second-order valence-corrected chi connectivity index (χ2v) is 5.51. The van der Waals surface area contributed by atoms with Crippen LogP contribution in [0.5, 0.6) is 0 Å². The Balaban J connectivity index is 4.42. The van der Waals surface area contributed by atoms with E-state index in [-0.39, 0.29) is 12.4 Å². The van der Waals surface area contributed by atoms with Crippen molar-refractivity contribution < 1.29 is 22.0 Å². The van der Waals surface area contributed by atoms with Gasteiger partial charge in [-0.05, 0) is 0 Å². The average molecular weight is 264 g/mol. The Bertz CT molecular complexity index is 307. The lowest BCUT2D eigenvalue weighted by Crippen LogP contribution is -2.39. The lowest BCUT2D eigenvalue weighted by Gasteiger charge is -2.20. The van der Waals surface area contributed by atoms with Gasteiger partial charge in [-0.1, -0.05) is 0 Å². The first kappa shape index (κ1) is 14.6. The number of hydrogen-bond acceptors (Lipinski definition) is 3.